The lowest BCUT2D eigenvalue weighted by atomic mass is 10.1. The maximum Gasteiger partial charge on any atom is 0.0583 e. The zero-order valence-corrected chi connectivity index (χ0v) is 12.5. The molecule has 2 rings (SSSR count). The molecule has 1 aromatic carbocycles. The van der Waals surface area contributed by atoms with Gasteiger partial charge in [-0.2, -0.15) is 0 Å². The topological polar surface area (TPSA) is 38.3 Å². The minimum Gasteiger partial charge on any atom is -0.385 e. The summed E-state index contributed by atoms with van der Waals surface area (Å²) in [6.45, 7) is 3.70. The second-order valence-electron chi connectivity index (χ2n) is 4.91. The van der Waals surface area contributed by atoms with Gasteiger partial charge >= 0.3 is 0 Å². The minimum absolute atomic E-state index is 0.203. The van der Waals surface area contributed by atoms with Gasteiger partial charge in [-0.15, -0.1) is 0 Å². The molecule has 19 heavy (non-hydrogen) atoms. The van der Waals surface area contributed by atoms with Crippen LogP contribution in [0, 0.1) is 0 Å². The van der Waals surface area contributed by atoms with E-state index in [2.05, 4.69) is 36.5 Å². The van der Waals surface area contributed by atoms with Crippen molar-refractivity contribution >= 4 is 10.8 Å². The Balaban J connectivity index is 2.07. The van der Waals surface area contributed by atoms with Crippen LogP contribution >= 0.6 is 0 Å². The second kappa shape index (κ2) is 7.17. The van der Waals surface area contributed by atoms with Gasteiger partial charge in [0.25, 0.3) is 0 Å². The minimum atomic E-state index is -0.797. The molecule has 0 bridgehead atoms. The van der Waals surface area contributed by atoms with E-state index >= 15 is 0 Å². The van der Waals surface area contributed by atoms with E-state index in [0.29, 0.717) is 6.61 Å². The van der Waals surface area contributed by atoms with Gasteiger partial charge < -0.3 is 10.1 Å². The molecule has 3 atom stereocenters. The Labute approximate surface area is 118 Å². The third-order valence-electron chi connectivity index (χ3n) is 3.64. The molecule has 1 N–H and O–H groups in total. The lowest BCUT2D eigenvalue weighted by Crippen LogP contribution is -2.33. The monoisotopic (exact) mass is 281 g/mol. The Morgan fingerprint density at radius 2 is 2.21 bits per heavy atom. The fraction of sp³-hybridized carbons (Fsp3) is 0.600. The first kappa shape index (κ1) is 14.7. The summed E-state index contributed by atoms with van der Waals surface area (Å²) < 4.78 is 17.5. The van der Waals surface area contributed by atoms with E-state index in [1.165, 1.54) is 11.1 Å². The predicted molar refractivity (Wildman–Crippen MR) is 79.9 cm³/mol. The first-order valence-electron chi connectivity index (χ1n) is 6.95. The summed E-state index contributed by atoms with van der Waals surface area (Å²) in [5, 5.41) is 3.70. The van der Waals surface area contributed by atoms with E-state index in [1.54, 1.807) is 7.11 Å². The van der Waals surface area contributed by atoms with Gasteiger partial charge in [0.05, 0.1) is 5.25 Å². The quantitative estimate of drug-likeness (QED) is 0.777. The summed E-state index contributed by atoms with van der Waals surface area (Å²) in [6.07, 6.45) is 1.79. The fourth-order valence-corrected chi connectivity index (χ4v) is 4.38. The average molecular weight is 281 g/mol. The molecule has 0 saturated heterocycles. The van der Waals surface area contributed by atoms with E-state index in [1.807, 2.05) is 0 Å². The van der Waals surface area contributed by atoms with Crippen molar-refractivity contribution in [3.8, 4) is 0 Å². The van der Waals surface area contributed by atoms with Crippen LogP contribution in [0.5, 0.6) is 0 Å². The SMILES string of the molecule is CCNC1c2ccccc2CC1S(=O)CCCOC. The molecule has 3 unspecified atom stereocenters. The highest BCUT2D eigenvalue weighted by molar-refractivity contribution is 7.85. The van der Waals surface area contributed by atoms with Crippen LogP contribution in [0.3, 0.4) is 0 Å². The number of ether oxygens (including phenoxy) is 1. The van der Waals surface area contributed by atoms with Crippen molar-refractivity contribution in [2.75, 3.05) is 26.0 Å². The van der Waals surface area contributed by atoms with Crippen molar-refractivity contribution in [3.63, 3.8) is 0 Å². The van der Waals surface area contributed by atoms with E-state index in [-0.39, 0.29) is 11.3 Å². The van der Waals surface area contributed by atoms with Crippen molar-refractivity contribution in [1.29, 1.82) is 0 Å². The average Bonchev–Trinajstić information content (AvgIpc) is 2.79. The summed E-state index contributed by atoms with van der Waals surface area (Å²) >= 11 is 0. The van der Waals surface area contributed by atoms with E-state index in [4.69, 9.17) is 4.74 Å². The molecule has 0 aromatic heterocycles. The van der Waals surface area contributed by atoms with Gasteiger partial charge in [0, 0.05) is 36.3 Å². The van der Waals surface area contributed by atoms with Crippen molar-refractivity contribution < 1.29 is 8.95 Å². The molecule has 0 radical (unpaired) electrons. The zero-order chi connectivity index (χ0) is 13.7. The van der Waals surface area contributed by atoms with Gasteiger partial charge in [0.15, 0.2) is 0 Å². The summed E-state index contributed by atoms with van der Waals surface area (Å²) in [5.74, 6) is 0.731. The number of nitrogens with one attached hydrogen (secondary N) is 1. The molecule has 0 amide bonds. The standard InChI is InChI=1S/C15H23NO2S/c1-3-16-15-13-8-5-4-7-12(13)11-14(15)19(17)10-6-9-18-2/h4-5,7-8,14-16H,3,6,9-11H2,1-2H3. The highest BCUT2D eigenvalue weighted by Gasteiger charge is 2.35. The fourth-order valence-electron chi connectivity index (χ4n) is 2.76. The second-order valence-corrected chi connectivity index (χ2v) is 6.68. The Hall–Kier alpha value is -0.710. The maximum atomic E-state index is 12.5. The molecule has 3 nitrogen and oxygen atoms in total. The first-order chi connectivity index (χ1) is 9.27. The normalized spacial score (nSPS) is 23.3. The lowest BCUT2D eigenvalue weighted by Gasteiger charge is -2.20. The molecule has 0 spiro atoms. The van der Waals surface area contributed by atoms with Crippen LogP contribution < -0.4 is 5.32 Å². The van der Waals surface area contributed by atoms with Gasteiger partial charge in [-0.25, -0.2) is 0 Å². The summed E-state index contributed by atoms with van der Waals surface area (Å²) in [4.78, 5) is 0. The Bertz CT molecular complexity index is 436. The number of fused-ring (bicyclic) bond motifs is 1. The lowest BCUT2D eigenvalue weighted by molar-refractivity contribution is 0.200. The third kappa shape index (κ3) is 3.44. The van der Waals surface area contributed by atoms with Crippen molar-refractivity contribution in [2.24, 2.45) is 0 Å². The van der Waals surface area contributed by atoms with Crippen molar-refractivity contribution in [2.45, 2.75) is 31.1 Å². The van der Waals surface area contributed by atoms with E-state index in [0.717, 1.165) is 25.1 Å². The Morgan fingerprint density at radius 1 is 1.42 bits per heavy atom. The summed E-state index contributed by atoms with van der Waals surface area (Å²) in [7, 11) is 0.893. The molecular weight excluding hydrogens is 258 g/mol. The number of benzene rings is 1. The first-order valence-corrected chi connectivity index (χ1v) is 8.33. The maximum absolute atomic E-state index is 12.5. The van der Waals surface area contributed by atoms with Gasteiger partial charge in [-0.1, -0.05) is 31.2 Å². The predicted octanol–water partition coefficient (Wildman–Crippen LogP) is 2.05. The third-order valence-corrected chi connectivity index (χ3v) is 5.44. The molecule has 1 aliphatic rings. The van der Waals surface area contributed by atoms with Gasteiger partial charge in [-0.05, 0) is 30.5 Å². The van der Waals surface area contributed by atoms with Crippen LogP contribution in [-0.2, 0) is 22.0 Å². The Kier molecular flexibility index (Phi) is 5.55. The molecule has 106 valence electrons. The zero-order valence-electron chi connectivity index (χ0n) is 11.7. The molecular formula is C15H23NO2S. The van der Waals surface area contributed by atoms with Crippen LogP contribution in [0.2, 0.25) is 0 Å². The van der Waals surface area contributed by atoms with Gasteiger partial charge in [0.2, 0.25) is 0 Å². The van der Waals surface area contributed by atoms with Gasteiger partial charge in [0.1, 0.15) is 0 Å². The van der Waals surface area contributed by atoms with Crippen LogP contribution in [0.4, 0.5) is 0 Å². The highest BCUT2D eigenvalue weighted by Crippen LogP contribution is 2.34. The van der Waals surface area contributed by atoms with E-state index in [9.17, 15) is 4.21 Å². The molecule has 0 saturated carbocycles. The largest absolute Gasteiger partial charge is 0.385 e. The van der Waals surface area contributed by atoms with Crippen LogP contribution in [0.25, 0.3) is 0 Å². The molecule has 0 aliphatic heterocycles. The molecule has 4 heteroatoms. The number of methoxy groups -OCH3 is 1. The number of hydrogen-bond acceptors (Lipinski definition) is 3. The van der Waals surface area contributed by atoms with E-state index < -0.39 is 10.8 Å². The summed E-state index contributed by atoms with van der Waals surface area (Å²) in [5.41, 5.74) is 2.67. The highest BCUT2D eigenvalue weighted by atomic mass is 32.2. The van der Waals surface area contributed by atoms with Crippen molar-refractivity contribution in [3.05, 3.63) is 35.4 Å². The molecule has 1 aliphatic carbocycles. The molecule has 1 aromatic rings. The summed E-state index contributed by atoms with van der Waals surface area (Å²) in [6, 6.07) is 8.70. The number of rotatable bonds is 7. The molecule has 0 heterocycles. The smallest absolute Gasteiger partial charge is 0.0583 e. The number of hydrogen-bond donors (Lipinski definition) is 1. The van der Waals surface area contributed by atoms with Gasteiger partial charge in [-0.3, -0.25) is 4.21 Å². The van der Waals surface area contributed by atoms with Crippen LogP contribution in [0.1, 0.15) is 30.5 Å². The van der Waals surface area contributed by atoms with Crippen LogP contribution in [0.15, 0.2) is 24.3 Å². The van der Waals surface area contributed by atoms with Crippen molar-refractivity contribution in [1.82, 2.24) is 5.32 Å². The van der Waals surface area contributed by atoms with Crippen LogP contribution in [-0.4, -0.2) is 35.5 Å². The molecule has 0 fully saturated rings. The Morgan fingerprint density at radius 3 is 2.95 bits per heavy atom.